The first kappa shape index (κ1) is 5.56. The van der Waals surface area contributed by atoms with Crippen molar-refractivity contribution in [3.8, 4) is 0 Å². The van der Waals surface area contributed by atoms with Crippen LogP contribution in [0, 0.1) is 0 Å². The second-order valence-corrected chi connectivity index (χ2v) is 6.04. The van der Waals surface area contributed by atoms with Crippen molar-refractivity contribution in [1.29, 1.82) is 0 Å². The Morgan fingerprint density at radius 2 is 1.25 bits per heavy atom. The van der Waals surface area contributed by atoms with Crippen LogP contribution >= 0.6 is 39.4 Å². The van der Waals surface area contributed by atoms with Crippen molar-refractivity contribution in [2.24, 2.45) is 0 Å². The average Bonchev–Trinajstić information content (AvgIpc) is 1.37. The van der Waals surface area contributed by atoms with Gasteiger partial charge in [-0.2, -0.15) is 0 Å². The van der Waals surface area contributed by atoms with Crippen LogP contribution in [0.4, 0.5) is 0 Å². The van der Waals surface area contributed by atoms with Crippen LogP contribution in [0.2, 0.25) is 0 Å². The van der Waals surface area contributed by atoms with E-state index in [-0.39, 0.29) is 0 Å². The number of hydrogen-bond donors (Lipinski definition) is 2. The van der Waals surface area contributed by atoms with Gasteiger partial charge in [-0.1, -0.05) is 0 Å². The molecule has 0 N–H and O–H groups in total. The SMILES string of the molecule is SPPS. The molecule has 4 heavy (non-hydrogen) atoms. The fourth-order valence-electron chi connectivity index (χ4n) is 0. The molecule has 4 heteroatoms. The zero-order valence-electron chi connectivity index (χ0n) is 1.89. The van der Waals surface area contributed by atoms with Crippen molar-refractivity contribution in [1.82, 2.24) is 0 Å². The monoisotopic (exact) mass is 130 g/mol. The fourth-order valence-corrected chi connectivity index (χ4v) is 0. The Bertz CT molecular complexity index is 6.00. The van der Waals surface area contributed by atoms with E-state index in [1.807, 2.05) is 0 Å². The summed E-state index contributed by atoms with van der Waals surface area (Å²) in [7, 11) is 1.45. The van der Waals surface area contributed by atoms with E-state index in [9.17, 15) is 0 Å². The average molecular weight is 130 g/mol. The zero-order chi connectivity index (χ0) is 3.41. The van der Waals surface area contributed by atoms with E-state index in [2.05, 4.69) is 24.5 Å². The van der Waals surface area contributed by atoms with E-state index in [0.29, 0.717) is 0 Å². The molecule has 2 unspecified atom stereocenters. The number of rotatable bonds is 1. The van der Waals surface area contributed by atoms with Crippen LogP contribution < -0.4 is 0 Å². The summed E-state index contributed by atoms with van der Waals surface area (Å²) < 4.78 is 0. The molecule has 0 bridgehead atoms. The topological polar surface area (TPSA) is 0 Å². The molecule has 0 aromatic rings. The molecule has 0 amide bonds. The number of hydrogen-bond acceptors (Lipinski definition) is 2. The van der Waals surface area contributed by atoms with Crippen LogP contribution in [0.3, 0.4) is 0 Å². The van der Waals surface area contributed by atoms with E-state index in [1.54, 1.807) is 0 Å². The highest BCUT2D eigenvalue weighted by Gasteiger charge is 1.56. The number of thiol groups is 2. The predicted octanol–water partition coefficient (Wildman–Crippen LogP) is 1.95. The lowest BCUT2D eigenvalue weighted by molar-refractivity contribution is 5.45. The van der Waals surface area contributed by atoms with Crippen LogP contribution in [0.15, 0.2) is 0 Å². The summed E-state index contributed by atoms with van der Waals surface area (Å²) in [5, 5.41) is 0. The Kier molecular flexibility index (Phi) is 6.34. The lowest BCUT2D eigenvalue weighted by Gasteiger charge is -1.68. The van der Waals surface area contributed by atoms with Gasteiger partial charge in [-0.25, -0.2) is 0 Å². The van der Waals surface area contributed by atoms with Gasteiger partial charge >= 0.3 is 0 Å². The third kappa shape index (κ3) is 3.56. The van der Waals surface area contributed by atoms with Gasteiger partial charge in [0.25, 0.3) is 0 Å². The van der Waals surface area contributed by atoms with Gasteiger partial charge in [-0.3, -0.25) is 0 Å². The molecule has 0 aliphatic rings. The van der Waals surface area contributed by atoms with E-state index in [0.717, 1.165) is 14.9 Å². The summed E-state index contributed by atoms with van der Waals surface area (Å²) in [4.78, 5) is 0. The van der Waals surface area contributed by atoms with E-state index < -0.39 is 0 Å². The zero-order valence-corrected chi connectivity index (χ0v) is 5.68. The molecule has 0 fully saturated rings. The normalized spacial score (nSPS) is 13.5. The minimum atomic E-state index is 0.727. The predicted molar refractivity (Wildman–Crippen MR) is 34.6 cm³/mol. The third-order valence-corrected chi connectivity index (χ3v) is 4.05. The molecule has 0 saturated heterocycles. The van der Waals surface area contributed by atoms with Gasteiger partial charge in [-0.05, 0) is 14.9 Å². The van der Waals surface area contributed by atoms with Gasteiger partial charge in [0.2, 0.25) is 0 Å². The van der Waals surface area contributed by atoms with Crippen LogP contribution in [0.1, 0.15) is 0 Å². The Balaban J connectivity index is 1.97. The lowest BCUT2D eigenvalue weighted by Crippen LogP contribution is -0.819. The third-order valence-electron chi connectivity index (χ3n) is 0.0500. The summed E-state index contributed by atoms with van der Waals surface area (Å²) >= 11 is 7.77. The van der Waals surface area contributed by atoms with Gasteiger partial charge in [0.1, 0.15) is 0 Å². The fraction of sp³-hybridized carbons (Fsp3) is 0. The van der Waals surface area contributed by atoms with Crippen molar-refractivity contribution in [3.05, 3.63) is 0 Å². The summed E-state index contributed by atoms with van der Waals surface area (Å²) in [6.45, 7) is 0. The summed E-state index contributed by atoms with van der Waals surface area (Å²) in [6, 6.07) is 0. The smallest absolute Gasteiger partial charge is 0.0326 e. The van der Waals surface area contributed by atoms with E-state index >= 15 is 0 Å². The Morgan fingerprint density at radius 1 is 1.00 bits per heavy atom. The standard InChI is InChI=1S/H4P2S2/c3-1-2-4/h1-4H. The Labute approximate surface area is 39.9 Å². The summed E-state index contributed by atoms with van der Waals surface area (Å²) in [5.41, 5.74) is 0. The first-order valence-corrected chi connectivity index (χ1v) is 6.27. The first-order chi connectivity index (χ1) is 1.91. The largest absolute Gasteiger partial charge is 0.149 e. The molecule has 0 heterocycles. The van der Waals surface area contributed by atoms with Gasteiger partial charge in [0.05, 0.1) is 0 Å². The van der Waals surface area contributed by atoms with Crippen LogP contribution in [-0.4, -0.2) is 0 Å². The van der Waals surface area contributed by atoms with Gasteiger partial charge in [0, 0.05) is 0 Å². The molecule has 0 rings (SSSR count). The van der Waals surface area contributed by atoms with Crippen molar-refractivity contribution in [3.63, 3.8) is 0 Å². The second kappa shape index (κ2) is 4.56. The van der Waals surface area contributed by atoms with Crippen molar-refractivity contribution >= 4 is 39.4 Å². The molecule has 0 spiro atoms. The van der Waals surface area contributed by atoms with Gasteiger partial charge in [0.15, 0.2) is 0 Å². The van der Waals surface area contributed by atoms with Gasteiger partial charge < -0.3 is 0 Å². The molecule has 0 radical (unpaired) electrons. The highest BCUT2D eigenvalue weighted by Crippen LogP contribution is 2.43. The second-order valence-electron chi connectivity index (χ2n) is 0.224. The highest BCUT2D eigenvalue weighted by molar-refractivity contribution is 8.77. The molecule has 0 aromatic heterocycles. The summed E-state index contributed by atoms with van der Waals surface area (Å²) in [5.74, 6) is 0. The molecule has 0 saturated carbocycles. The van der Waals surface area contributed by atoms with Gasteiger partial charge in [-0.15, -0.1) is 24.5 Å². The van der Waals surface area contributed by atoms with Crippen LogP contribution in [0.5, 0.6) is 0 Å². The molecule has 0 nitrogen and oxygen atoms in total. The highest BCUT2D eigenvalue weighted by atomic mass is 33.0. The van der Waals surface area contributed by atoms with Crippen molar-refractivity contribution < 1.29 is 0 Å². The van der Waals surface area contributed by atoms with Crippen molar-refractivity contribution in [2.75, 3.05) is 0 Å². The first-order valence-electron chi connectivity index (χ1n) is 0.697. The Hall–Kier alpha value is 1.56. The molecular formula is H4P2S2. The summed E-state index contributed by atoms with van der Waals surface area (Å²) in [6.07, 6.45) is 0. The maximum absolute atomic E-state index is 3.88. The van der Waals surface area contributed by atoms with E-state index in [4.69, 9.17) is 0 Å². The molecule has 0 aliphatic heterocycles. The Morgan fingerprint density at radius 3 is 1.25 bits per heavy atom. The van der Waals surface area contributed by atoms with Crippen LogP contribution in [0.25, 0.3) is 0 Å². The molecular weight excluding hydrogens is 126 g/mol. The van der Waals surface area contributed by atoms with Crippen LogP contribution in [-0.2, 0) is 0 Å². The molecule has 0 aliphatic carbocycles. The van der Waals surface area contributed by atoms with E-state index in [1.165, 1.54) is 0 Å². The quantitative estimate of drug-likeness (QED) is 0.393. The molecule has 2 atom stereocenters. The molecule has 0 aromatic carbocycles. The lowest BCUT2D eigenvalue weighted by atomic mass is 29.6. The van der Waals surface area contributed by atoms with Crippen molar-refractivity contribution in [2.45, 2.75) is 0 Å². The minimum Gasteiger partial charge on any atom is -0.149 e. The maximum atomic E-state index is 3.88. The maximum Gasteiger partial charge on any atom is -0.0326 e. The molecule has 26 valence electrons. The minimum absolute atomic E-state index is 0.727.